The van der Waals surface area contributed by atoms with Gasteiger partial charge in [-0.3, -0.25) is 24.1 Å². The van der Waals surface area contributed by atoms with Gasteiger partial charge in [0.2, 0.25) is 5.91 Å². The number of thioether (sulfide) groups is 1. The van der Waals surface area contributed by atoms with Crippen molar-refractivity contribution in [3.05, 3.63) is 11.3 Å². The minimum atomic E-state index is -1.75. The third-order valence-electron chi connectivity index (χ3n) is 4.65. The van der Waals surface area contributed by atoms with E-state index in [1.165, 1.54) is 14.0 Å². The lowest BCUT2D eigenvalue weighted by Crippen LogP contribution is -2.80. The fourth-order valence-corrected chi connectivity index (χ4v) is 4.54. The van der Waals surface area contributed by atoms with Crippen LogP contribution in [0.3, 0.4) is 0 Å². The molecule has 13 heteroatoms. The maximum absolute atomic E-state index is 12.8. The molecule has 3 atom stereocenters. The summed E-state index contributed by atoms with van der Waals surface area (Å²) in [6, 6.07) is -1.09. The molecule has 0 aliphatic carbocycles. The molecule has 5 N–H and O–H groups in total. The van der Waals surface area contributed by atoms with Gasteiger partial charge in [0.05, 0.1) is 0 Å². The van der Waals surface area contributed by atoms with Crippen LogP contribution in [0.1, 0.15) is 26.2 Å². The SMILES string of the molecule is COC1(NC(=O)CCCC(N)C(=O)O)C(=O)N2C(C(=O)O)=C(COC(C)=O)CS[C@@H]21. The number of amides is 2. The standard InChI is InChI=1S/C17H23N3O9S/c1-8(21)29-6-9-7-30-16-17(28-2,15(27)20(16)12(9)14(25)26)19-11(22)5-3-4-10(18)13(23)24/h10,16H,3-7,18H2,1-2H3,(H,19,22)(H,23,24)(H,25,26)/t10?,16-,17?/m1/s1. The van der Waals surface area contributed by atoms with E-state index < -0.39 is 46.9 Å². The zero-order chi connectivity index (χ0) is 22.6. The Morgan fingerprint density at radius 3 is 2.57 bits per heavy atom. The molecule has 2 amide bonds. The number of nitrogens with zero attached hydrogens (tertiary/aromatic N) is 1. The van der Waals surface area contributed by atoms with Crippen molar-refractivity contribution in [2.75, 3.05) is 19.5 Å². The highest BCUT2D eigenvalue weighted by atomic mass is 32.2. The molecule has 1 saturated heterocycles. The van der Waals surface area contributed by atoms with Crippen LogP contribution >= 0.6 is 11.8 Å². The smallest absolute Gasteiger partial charge is 0.352 e. The Balaban J connectivity index is 2.11. The molecule has 0 saturated carbocycles. The summed E-state index contributed by atoms with van der Waals surface area (Å²) in [5.41, 5.74) is 3.59. The summed E-state index contributed by atoms with van der Waals surface area (Å²) in [7, 11) is 1.22. The predicted molar refractivity (Wildman–Crippen MR) is 102 cm³/mol. The minimum absolute atomic E-state index is 0.0758. The Morgan fingerprint density at radius 2 is 2.03 bits per heavy atom. The average Bonchev–Trinajstić information content (AvgIpc) is 2.68. The number of esters is 1. The molecule has 2 rings (SSSR count). The first-order valence-electron chi connectivity index (χ1n) is 8.93. The van der Waals surface area contributed by atoms with Crippen molar-refractivity contribution in [1.29, 1.82) is 0 Å². The third-order valence-corrected chi connectivity index (χ3v) is 6.02. The highest BCUT2D eigenvalue weighted by molar-refractivity contribution is 8.00. The summed E-state index contributed by atoms with van der Waals surface area (Å²) in [6.07, 6.45) is 0.171. The molecule has 0 aromatic heterocycles. The molecule has 2 unspecified atom stereocenters. The molecule has 0 aromatic rings. The van der Waals surface area contributed by atoms with Gasteiger partial charge in [-0.2, -0.15) is 0 Å². The number of fused-ring (bicyclic) bond motifs is 1. The summed E-state index contributed by atoms with van der Waals surface area (Å²) >= 11 is 1.16. The number of methoxy groups -OCH3 is 1. The van der Waals surface area contributed by atoms with Crippen LogP contribution in [0.4, 0.5) is 0 Å². The predicted octanol–water partition coefficient (Wildman–Crippen LogP) is -1.16. The maximum atomic E-state index is 12.8. The van der Waals surface area contributed by atoms with Crippen molar-refractivity contribution in [1.82, 2.24) is 10.2 Å². The molecular formula is C17H23N3O9S. The van der Waals surface area contributed by atoms with E-state index in [1.54, 1.807) is 0 Å². The van der Waals surface area contributed by atoms with Crippen LogP contribution in [-0.4, -0.2) is 81.4 Å². The lowest BCUT2D eigenvalue weighted by Gasteiger charge is -2.55. The van der Waals surface area contributed by atoms with E-state index >= 15 is 0 Å². The number of nitrogens with one attached hydrogen (secondary N) is 1. The van der Waals surface area contributed by atoms with E-state index in [0.717, 1.165) is 16.7 Å². The Bertz CT molecular complexity index is 799. The molecule has 0 aromatic carbocycles. The summed E-state index contributed by atoms with van der Waals surface area (Å²) in [5, 5.41) is 20.0. The molecule has 0 bridgehead atoms. The lowest BCUT2D eigenvalue weighted by atomic mass is 9.97. The zero-order valence-corrected chi connectivity index (χ0v) is 17.2. The molecule has 30 heavy (non-hydrogen) atoms. The van der Waals surface area contributed by atoms with Crippen molar-refractivity contribution >= 4 is 41.5 Å². The Kier molecular flexibility index (Phi) is 7.44. The fraction of sp³-hybridized carbons (Fsp3) is 0.588. The first-order valence-corrected chi connectivity index (χ1v) is 9.98. The number of carboxylic acids is 2. The van der Waals surface area contributed by atoms with Gasteiger partial charge in [0, 0.05) is 31.8 Å². The number of carbonyl (C=O) groups excluding carboxylic acids is 3. The number of hydrogen-bond acceptors (Lipinski definition) is 9. The number of nitrogens with two attached hydrogens (primary N) is 1. The van der Waals surface area contributed by atoms with E-state index in [0.29, 0.717) is 0 Å². The van der Waals surface area contributed by atoms with Gasteiger partial charge in [-0.25, -0.2) is 4.79 Å². The highest BCUT2D eigenvalue weighted by Crippen LogP contribution is 2.46. The van der Waals surface area contributed by atoms with E-state index in [9.17, 15) is 29.1 Å². The van der Waals surface area contributed by atoms with Crippen molar-refractivity contribution in [2.24, 2.45) is 5.73 Å². The minimum Gasteiger partial charge on any atom is -0.480 e. The van der Waals surface area contributed by atoms with Crippen LogP contribution in [0.5, 0.6) is 0 Å². The molecule has 166 valence electrons. The van der Waals surface area contributed by atoms with Gasteiger partial charge in [-0.05, 0) is 12.8 Å². The van der Waals surface area contributed by atoms with Crippen LogP contribution in [0, 0.1) is 0 Å². The third kappa shape index (κ3) is 4.57. The number of hydrogen-bond donors (Lipinski definition) is 4. The fourth-order valence-electron chi connectivity index (χ4n) is 3.12. The molecular weight excluding hydrogens is 422 g/mol. The number of rotatable bonds is 10. The first kappa shape index (κ1) is 23.6. The summed E-state index contributed by atoms with van der Waals surface area (Å²) in [4.78, 5) is 59.6. The van der Waals surface area contributed by atoms with Crippen LogP contribution in [0.25, 0.3) is 0 Å². The summed E-state index contributed by atoms with van der Waals surface area (Å²) in [6.45, 7) is 0.917. The van der Waals surface area contributed by atoms with Crippen LogP contribution in [-0.2, 0) is 33.4 Å². The van der Waals surface area contributed by atoms with Gasteiger partial charge in [-0.15, -0.1) is 11.8 Å². The second-order valence-electron chi connectivity index (χ2n) is 6.70. The molecule has 0 spiro atoms. The first-order chi connectivity index (χ1) is 14.0. The summed E-state index contributed by atoms with van der Waals surface area (Å²) in [5.74, 6) is -4.31. The lowest BCUT2D eigenvalue weighted by molar-refractivity contribution is -0.192. The van der Waals surface area contributed by atoms with E-state index in [1.807, 2.05) is 0 Å². The molecule has 2 heterocycles. The zero-order valence-electron chi connectivity index (χ0n) is 16.4. The second kappa shape index (κ2) is 9.45. The van der Waals surface area contributed by atoms with Crippen LogP contribution < -0.4 is 11.1 Å². The van der Waals surface area contributed by atoms with E-state index in [2.05, 4.69) is 5.32 Å². The van der Waals surface area contributed by atoms with Crippen molar-refractivity contribution < 1.29 is 43.7 Å². The van der Waals surface area contributed by atoms with E-state index in [-0.39, 0.29) is 42.9 Å². The molecule has 12 nitrogen and oxygen atoms in total. The summed E-state index contributed by atoms with van der Waals surface area (Å²) < 4.78 is 10.2. The van der Waals surface area contributed by atoms with Crippen molar-refractivity contribution in [3.63, 3.8) is 0 Å². The molecule has 1 fully saturated rings. The van der Waals surface area contributed by atoms with Gasteiger partial charge >= 0.3 is 17.9 Å². The average molecular weight is 445 g/mol. The Labute approximate surface area is 175 Å². The number of carboxylic acid groups (broad SMARTS) is 2. The molecule has 2 aliphatic rings. The van der Waals surface area contributed by atoms with Gasteiger partial charge in [-0.1, -0.05) is 0 Å². The topological polar surface area (TPSA) is 186 Å². The largest absolute Gasteiger partial charge is 0.480 e. The van der Waals surface area contributed by atoms with Gasteiger partial charge in [0.1, 0.15) is 23.7 Å². The number of β-lactam (4-membered cyclic amide) rings is 1. The molecule has 0 radical (unpaired) electrons. The van der Waals surface area contributed by atoms with Crippen molar-refractivity contribution in [3.8, 4) is 0 Å². The van der Waals surface area contributed by atoms with E-state index in [4.69, 9.17) is 20.3 Å². The van der Waals surface area contributed by atoms with Crippen LogP contribution in [0.2, 0.25) is 0 Å². The van der Waals surface area contributed by atoms with Gasteiger partial charge in [0.25, 0.3) is 11.6 Å². The number of ether oxygens (including phenoxy) is 2. The Hall–Kier alpha value is -2.64. The maximum Gasteiger partial charge on any atom is 0.352 e. The monoisotopic (exact) mass is 445 g/mol. The highest BCUT2D eigenvalue weighted by Gasteiger charge is 2.66. The van der Waals surface area contributed by atoms with Crippen molar-refractivity contribution in [2.45, 2.75) is 43.3 Å². The van der Waals surface area contributed by atoms with Gasteiger partial charge in [0.15, 0.2) is 0 Å². The molecule has 2 aliphatic heterocycles. The van der Waals surface area contributed by atoms with Gasteiger partial charge < -0.3 is 30.7 Å². The Morgan fingerprint density at radius 1 is 1.37 bits per heavy atom. The van der Waals surface area contributed by atoms with Crippen LogP contribution in [0.15, 0.2) is 11.3 Å². The normalized spacial score (nSPS) is 23.9. The quantitative estimate of drug-likeness (QED) is 0.181. The second-order valence-corrected chi connectivity index (χ2v) is 7.77. The number of aliphatic carboxylic acids is 2. The number of carbonyl (C=O) groups is 5.